The summed E-state index contributed by atoms with van der Waals surface area (Å²) < 4.78 is 2.06. The Bertz CT molecular complexity index is 865. The highest BCUT2D eigenvalue weighted by molar-refractivity contribution is 7.98. The number of aromatic nitrogens is 2. The summed E-state index contributed by atoms with van der Waals surface area (Å²) in [6.07, 6.45) is 8.13. The van der Waals surface area contributed by atoms with Gasteiger partial charge in [-0.05, 0) is 36.6 Å². The fourth-order valence-electron chi connectivity index (χ4n) is 2.27. The molecule has 1 aromatic carbocycles. The molecule has 0 N–H and O–H groups in total. The van der Waals surface area contributed by atoms with Gasteiger partial charge in [-0.2, -0.15) is 0 Å². The summed E-state index contributed by atoms with van der Waals surface area (Å²) in [4.78, 5) is 5.70. The van der Waals surface area contributed by atoms with Crippen molar-refractivity contribution in [2.45, 2.75) is 4.90 Å². The van der Waals surface area contributed by atoms with Crippen LogP contribution in [-0.2, 0) is 7.05 Å². The maximum absolute atomic E-state index is 6.33. The highest BCUT2D eigenvalue weighted by atomic mass is 127. The number of rotatable bonds is 3. The largest absolute Gasteiger partial charge is 1.00 e. The molecular weight excluding hydrogens is 439 g/mol. The molecule has 0 saturated heterocycles. The summed E-state index contributed by atoms with van der Waals surface area (Å²) in [7, 11) is 2.02. The molecule has 0 aliphatic heterocycles. The van der Waals surface area contributed by atoms with E-state index >= 15 is 0 Å². The van der Waals surface area contributed by atoms with Crippen LogP contribution >= 0.6 is 23.4 Å². The fraction of sp³-hybridized carbons (Fsp3) is 0.111. The van der Waals surface area contributed by atoms with Gasteiger partial charge in [-0.1, -0.05) is 17.7 Å². The first-order valence-electron chi connectivity index (χ1n) is 6.94. The molecule has 0 amide bonds. The molecule has 3 aromatic rings. The number of hydrogen-bond acceptors (Lipinski definition) is 2. The quantitative estimate of drug-likeness (QED) is 0.259. The summed E-state index contributed by atoms with van der Waals surface area (Å²) in [5.41, 5.74) is 2.96. The van der Waals surface area contributed by atoms with Gasteiger partial charge in [-0.15, -0.1) is 11.8 Å². The number of benzene rings is 1. The van der Waals surface area contributed by atoms with Crippen LogP contribution in [0.15, 0.2) is 53.6 Å². The van der Waals surface area contributed by atoms with Crippen LogP contribution in [-0.4, -0.2) is 11.2 Å². The summed E-state index contributed by atoms with van der Waals surface area (Å²) in [5, 5.41) is 1.62. The first kappa shape index (κ1) is 18.2. The van der Waals surface area contributed by atoms with Crippen LogP contribution in [0.1, 0.15) is 11.3 Å². The first-order chi connectivity index (χ1) is 10.7. The molecule has 0 atom stereocenters. The molecule has 0 spiro atoms. The van der Waals surface area contributed by atoms with E-state index in [-0.39, 0.29) is 24.0 Å². The lowest BCUT2D eigenvalue weighted by atomic mass is 10.1. The number of halogens is 2. The Kier molecular flexibility index (Phi) is 6.44. The van der Waals surface area contributed by atoms with Gasteiger partial charge >= 0.3 is 0 Å². The fourth-order valence-corrected chi connectivity index (χ4v) is 2.91. The van der Waals surface area contributed by atoms with Crippen LogP contribution in [0, 0.1) is 0 Å². The van der Waals surface area contributed by atoms with Crippen molar-refractivity contribution in [2.75, 3.05) is 6.26 Å². The Morgan fingerprint density at radius 2 is 1.96 bits per heavy atom. The van der Waals surface area contributed by atoms with Crippen LogP contribution in [0.4, 0.5) is 0 Å². The van der Waals surface area contributed by atoms with E-state index in [0.29, 0.717) is 5.15 Å². The lowest BCUT2D eigenvalue weighted by Gasteiger charge is -2.04. The Hall–Kier alpha value is -1.11. The van der Waals surface area contributed by atoms with Gasteiger partial charge in [0.25, 0.3) is 0 Å². The second-order valence-electron chi connectivity index (χ2n) is 5.00. The lowest BCUT2D eigenvalue weighted by Crippen LogP contribution is -3.00. The lowest BCUT2D eigenvalue weighted by molar-refractivity contribution is -0.673. The molecular formula is C18H16ClIN2S. The van der Waals surface area contributed by atoms with E-state index in [1.54, 1.807) is 11.8 Å². The summed E-state index contributed by atoms with van der Waals surface area (Å²) >= 11 is 8.03. The highest BCUT2D eigenvalue weighted by Gasteiger charge is 2.05. The van der Waals surface area contributed by atoms with Crippen LogP contribution in [0.2, 0.25) is 5.15 Å². The molecule has 0 aliphatic rings. The molecule has 0 radical (unpaired) electrons. The first-order valence-corrected chi connectivity index (χ1v) is 8.55. The van der Waals surface area contributed by atoms with Crippen LogP contribution in [0.3, 0.4) is 0 Å². The third-order valence-corrected chi connectivity index (χ3v) is 4.56. The van der Waals surface area contributed by atoms with Crippen molar-refractivity contribution >= 4 is 46.4 Å². The highest BCUT2D eigenvalue weighted by Crippen LogP contribution is 2.25. The van der Waals surface area contributed by atoms with Gasteiger partial charge in [0.05, 0.1) is 5.52 Å². The van der Waals surface area contributed by atoms with E-state index in [1.807, 2.05) is 37.5 Å². The van der Waals surface area contributed by atoms with Gasteiger partial charge in [0.2, 0.25) is 5.69 Å². The predicted octanol–water partition coefficient (Wildman–Crippen LogP) is 1.61. The second kappa shape index (κ2) is 8.13. The molecule has 2 heterocycles. The molecule has 0 fully saturated rings. The molecule has 0 unspecified atom stereocenters. The minimum absolute atomic E-state index is 0. The van der Waals surface area contributed by atoms with E-state index in [4.69, 9.17) is 11.6 Å². The Morgan fingerprint density at radius 3 is 2.70 bits per heavy atom. The van der Waals surface area contributed by atoms with Gasteiger partial charge < -0.3 is 24.0 Å². The van der Waals surface area contributed by atoms with E-state index < -0.39 is 0 Å². The number of aryl methyl sites for hydroxylation is 1. The molecule has 2 nitrogen and oxygen atoms in total. The average Bonchev–Trinajstić information content (AvgIpc) is 2.53. The maximum Gasteiger partial charge on any atom is 0.204 e. The second-order valence-corrected chi connectivity index (χ2v) is 6.23. The zero-order valence-corrected chi connectivity index (χ0v) is 16.6. The van der Waals surface area contributed by atoms with Crippen molar-refractivity contribution in [1.29, 1.82) is 0 Å². The van der Waals surface area contributed by atoms with Crippen LogP contribution in [0.25, 0.3) is 23.1 Å². The van der Waals surface area contributed by atoms with Gasteiger partial charge in [0.15, 0.2) is 6.20 Å². The standard InChI is InChI=1S/C18H16ClN2S.HI/c1-21-10-4-3-5-15(21)8-6-14-11-13-7-9-16(22-2)12-17(13)20-18(14)19;/h3-12H,1-2H3;1H/q+1;/p-1. The van der Waals surface area contributed by atoms with Crippen LogP contribution < -0.4 is 28.5 Å². The summed E-state index contributed by atoms with van der Waals surface area (Å²) in [5.74, 6) is 0. The van der Waals surface area contributed by atoms with Gasteiger partial charge in [-0.25, -0.2) is 9.55 Å². The number of nitrogens with zero attached hydrogens (tertiary/aromatic N) is 2. The number of fused-ring (bicyclic) bond motifs is 1. The third kappa shape index (κ3) is 4.25. The molecule has 2 aromatic heterocycles. The van der Waals surface area contributed by atoms with E-state index in [1.165, 1.54) is 4.90 Å². The van der Waals surface area contributed by atoms with Crippen molar-refractivity contribution in [3.63, 3.8) is 0 Å². The average molecular weight is 455 g/mol. The Morgan fingerprint density at radius 1 is 1.13 bits per heavy atom. The molecule has 0 saturated carbocycles. The Balaban J connectivity index is 0.00000192. The SMILES string of the molecule is CSc1ccc2cc(/C=C/c3cccc[n+]3C)c(Cl)nc2c1.[I-]. The Labute approximate surface area is 162 Å². The molecule has 5 heteroatoms. The number of hydrogen-bond donors (Lipinski definition) is 0. The number of thioether (sulfide) groups is 1. The topological polar surface area (TPSA) is 16.8 Å². The van der Waals surface area contributed by atoms with Gasteiger partial charge in [0, 0.05) is 34.1 Å². The zero-order chi connectivity index (χ0) is 15.5. The monoisotopic (exact) mass is 454 g/mol. The molecule has 118 valence electrons. The predicted molar refractivity (Wildman–Crippen MR) is 95.1 cm³/mol. The van der Waals surface area contributed by atoms with E-state index in [2.05, 4.69) is 46.1 Å². The summed E-state index contributed by atoms with van der Waals surface area (Å²) in [6, 6.07) is 14.4. The molecule has 0 aliphatic carbocycles. The van der Waals surface area contributed by atoms with Gasteiger partial charge in [-0.3, -0.25) is 0 Å². The minimum Gasteiger partial charge on any atom is -1.00 e. The van der Waals surface area contributed by atoms with Crippen molar-refractivity contribution < 1.29 is 28.5 Å². The molecule has 3 rings (SSSR count). The zero-order valence-electron chi connectivity index (χ0n) is 12.8. The van der Waals surface area contributed by atoms with E-state index in [9.17, 15) is 0 Å². The minimum atomic E-state index is 0. The van der Waals surface area contributed by atoms with Crippen molar-refractivity contribution in [3.05, 3.63) is 65.1 Å². The van der Waals surface area contributed by atoms with Crippen molar-refractivity contribution in [3.8, 4) is 0 Å². The van der Waals surface area contributed by atoms with E-state index in [0.717, 1.165) is 22.2 Å². The van der Waals surface area contributed by atoms with Crippen molar-refractivity contribution in [2.24, 2.45) is 7.05 Å². The maximum atomic E-state index is 6.33. The smallest absolute Gasteiger partial charge is 0.204 e. The van der Waals surface area contributed by atoms with Gasteiger partial charge in [0.1, 0.15) is 12.2 Å². The third-order valence-electron chi connectivity index (χ3n) is 3.53. The molecule has 0 bridgehead atoms. The van der Waals surface area contributed by atoms with Crippen molar-refractivity contribution in [1.82, 2.24) is 4.98 Å². The number of pyridine rings is 2. The normalized spacial score (nSPS) is 10.9. The summed E-state index contributed by atoms with van der Waals surface area (Å²) in [6.45, 7) is 0. The van der Waals surface area contributed by atoms with Crippen LogP contribution in [0.5, 0.6) is 0 Å². The molecule has 23 heavy (non-hydrogen) atoms.